The molecule has 0 aliphatic carbocycles. The second kappa shape index (κ2) is 5.75. The summed E-state index contributed by atoms with van der Waals surface area (Å²) in [6.45, 7) is 11.0. The minimum absolute atomic E-state index is 0.261. The standard InChI is InChI=1S/C14H21N5S/c1-6-15-11-9(2)12(18-10(3)17-11)19-14(4,5)13-16-7-8-20-13/h7-8H,6H2,1-5H3,(H2,15,17,18,19). The van der Waals surface area contributed by atoms with Crippen molar-refractivity contribution >= 4 is 23.0 Å². The van der Waals surface area contributed by atoms with Gasteiger partial charge in [0.05, 0.1) is 5.54 Å². The molecule has 2 aromatic heterocycles. The van der Waals surface area contributed by atoms with E-state index in [1.165, 1.54) is 0 Å². The molecule has 2 aromatic rings. The van der Waals surface area contributed by atoms with Gasteiger partial charge in [-0.15, -0.1) is 11.3 Å². The number of aromatic nitrogens is 3. The molecule has 0 aliphatic rings. The average Bonchev–Trinajstić information content (AvgIpc) is 2.89. The molecule has 0 radical (unpaired) electrons. The molecule has 0 fully saturated rings. The lowest BCUT2D eigenvalue weighted by molar-refractivity contribution is 0.599. The van der Waals surface area contributed by atoms with Gasteiger partial charge in [0.2, 0.25) is 0 Å². The summed E-state index contributed by atoms with van der Waals surface area (Å²) in [5, 5.41) is 9.79. The molecule has 108 valence electrons. The van der Waals surface area contributed by atoms with Gasteiger partial charge in [0.1, 0.15) is 22.5 Å². The molecule has 6 heteroatoms. The normalized spacial score (nSPS) is 11.4. The van der Waals surface area contributed by atoms with E-state index in [1.807, 2.05) is 25.4 Å². The Kier molecular flexibility index (Phi) is 4.23. The van der Waals surface area contributed by atoms with Crippen molar-refractivity contribution in [1.82, 2.24) is 15.0 Å². The first-order valence-electron chi connectivity index (χ1n) is 6.71. The van der Waals surface area contributed by atoms with Gasteiger partial charge in [0.15, 0.2) is 0 Å². The van der Waals surface area contributed by atoms with Crippen LogP contribution in [0.3, 0.4) is 0 Å². The van der Waals surface area contributed by atoms with Gasteiger partial charge in [0.25, 0.3) is 0 Å². The number of nitrogens with zero attached hydrogens (tertiary/aromatic N) is 3. The first-order valence-corrected chi connectivity index (χ1v) is 7.59. The van der Waals surface area contributed by atoms with Crippen LogP contribution in [-0.2, 0) is 5.54 Å². The van der Waals surface area contributed by atoms with Crippen molar-refractivity contribution < 1.29 is 0 Å². The lowest BCUT2D eigenvalue weighted by atomic mass is 10.1. The highest BCUT2D eigenvalue weighted by Gasteiger charge is 2.25. The molecule has 0 atom stereocenters. The zero-order valence-corrected chi connectivity index (χ0v) is 13.4. The summed E-state index contributed by atoms with van der Waals surface area (Å²) in [6.07, 6.45) is 1.82. The van der Waals surface area contributed by atoms with E-state index in [1.54, 1.807) is 11.3 Å². The summed E-state index contributed by atoms with van der Waals surface area (Å²) in [7, 11) is 0. The maximum atomic E-state index is 4.53. The van der Waals surface area contributed by atoms with E-state index < -0.39 is 0 Å². The van der Waals surface area contributed by atoms with Gasteiger partial charge >= 0.3 is 0 Å². The third-order valence-electron chi connectivity index (χ3n) is 3.00. The number of aryl methyl sites for hydroxylation is 1. The lowest BCUT2D eigenvalue weighted by Gasteiger charge is -2.26. The van der Waals surface area contributed by atoms with Crippen molar-refractivity contribution in [2.24, 2.45) is 0 Å². The van der Waals surface area contributed by atoms with Crippen molar-refractivity contribution in [2.75, 3.05) is 17.2 Å². The Morgan fingerprint density at radius 2 is 1.90 bits per heavy atom. The van der Waals surface area contributed by atoms with E-state index in [2.05, 4.69) is 46.4 Å². The van der Waals surface area contributed by atoms with Gasteiger partial charge in [-0.2, -0.15) is 0 Å². The fourth-order valence-corrected chi connectivity index (χ4v) is 2.69. The topological polar surface area (TPSA) is 62.7 Å². The zero-order chi connectivity index (χ0) is 14.8. The SMILES string of the molecule is CCNc1nc(C)nc(NC(C)(C)c2nccs2)c1C. The lowest BCUT2D eigenvalue weighted by Crippen LogP contribution is -2.29. The van der Waals surface area contributed by atoms with Crippen molar-refractivity contribution in [1.29, 1.82) is 0 Å². The van der Waals surface area contributed by atoms with Crippen molar-refractivity contribution in [2.45, 2.75) is 40.2 Å². The van der Waals surface area contributed by atoms with E-state index in [0.717, 1.165) is 34.6 Å². The maximum absolute atomic E-state index is 4.53. The Hall–Kier alpha value is -1.69. The largest absolute Gasteiger partial charge is 0.370 e. The van der Waals surface area contributed by atoms with Crippen LogP contribution >= 0.6 is 11.3 Å². The van der Waals surface area contributed by atoms with Crippen LogP contribution in [0.4, 0.5) is 11.6 Å². The van der Waals surface area contributed by atoms with Gasteiger partial charge in [0, 0.05) is 23.7 Å². The number of hydrogen-bond acceptors (Lipinski definition) is 6. The van der Waals surface area contributed by atoms with E-state index in [-0.39, 0.29) is 5.54 Å². The number of anilines is 2. The summed E-state index contributed by atoms with van der Waals surface area (Å²) < 4.78 is 0. The molecule has 0 spiro atoms. The summed E-state index contributed by atoms with van der Waals surface area (Å²) >= 11 is 1.64. The number of rotatable bonds is 5. The van der Waals surface area contributed by atoms with Crippen LogP contribution in [0.2, 0.25) is 0 Å². The Bertz CT molecular complexity index is 578. The predicted molar refractivity (Wildman–Crippen MR) is 84.4 cm³/mol. The molecule has 0 bridgehead atoms. The fraction of sp³-hybridized carbons (Fsp3) is 0.500. The quantitative estimate of drug-likeness (QED) is 0.884. The minimum atomic E-state index is -0.261. The fourth-order valence-electron chi connectivity index (χ4n) is 1.97. The van der Waals surface area contributed by atoms with Gasteiger partial charge in [-0.1, -0.05) is 0 Å². The highest BCUT2D eigenvalue weighted by Crippen LogP contribution is 2.29. The average molecular weight is 291 g/mol. The molecule has 0 saturated carbocycles. The Morgan fingerprint density at radius 1 is 1.20 bits per heavy atom. The van der Waals surface area contributed by atoms with Gasteiger partial charge < -0.3 is 10.6 Å². The molecule has 0 saturated heterocycles. The third-order valence-corrected chi connectivity index (χ3v) is 4.10. The molecule has 2 heterocycles. The highest BCUT2D eigenvalue weighted by molar-refractivity contribution is 7.09. The molecule has 0 amide bonds. The molecule has 0 aromatic carbocycles. The summed E-state index contributed by atoms with van der Waals surface area (Å²) in [4.78, 5) is 13.4. The molecular formula is C14H21N5S. The maximum Gasteiger partial charge on any atom is 0.135 e. The van der Waals surface area contributed by atoms with Crippen LogP contribution in [0.25, 0.3) is 0 Å². The number of hydrogen-bond donors (Lipinski definition) is 2. The zero-order valence-electron chi connectivity index (χ0n) is 12.6. The molecular weight excluding hydrogens is 270 g/mol. The predicted octanol–water partition coefficient (Wildman–Crippen LogP) is 3.33. The summed E-state index contributed by atoms with van der Waals surface area (Å²) in [5.74, 6) is 2.50. The smallest absolute Gasteiger partial charge is 0.135 e. The molecule has 0 unspecified atom stereocenters. The van der Waals surface area contributed by atoms with E-state index in [0.29, 0.717) is 0 Å². The van der Waals surface area contributed by atoms with E-state index in [9.17, 15) is 0 Å². The molecule has 5 nitrogen and oxygen atoms in total. The van der Waals surface area contributed by atoms with Crippen LogP contribution in [0.15, 0.2) is 11.6 Å². The van der Waals surface area contributed by atoms with Gasteiger partial charge in [-0.25, -0.2) is 15.0 Å². The second-order valence-electron chi connectivity index (χ2n) is 5.21. The van der Waals surface area contributed by atoms with Crippen LogP contribution in [0.5, 0.6) is 0 Å². The minimum Gasteiger partial charge on any atom is -0.370 e. The number of thiazole rings is 1. The van der Waals surface area contributed by atoms with Crippen molar-refractivity contribution in [3.63, 3.8) is 0 Å². The summed E-state index contributed by atoms with van der Waals surface area (Å²) in [6, 6.07) is 0. The Morgan fingerprint density at radius 3 is 2.50 bits per heavy atom. The van der Waals surface area contributed by atoms with Crippen molar-refractivity contribution in [3.8, 4) is 0 Å². The van der Waals surface area contributed by atoms with Crippen LogP contribution < -0.4 is 10.6 Å². The van der Waals surface area contributed by atoms with E-state index in [4.69, 9.17) is 0 Å². The monoisotopic (exact) mass is 291 g/mol. The number of nitrogens with one attached hydrogen (secondary N) is 2. The molecule has 0 aliphatic heterocycles. The highest BCUT2D eigenvalue weighted by atomic mass is 32.1. The van der Waals surface area contributed by atoms with Crippen LogP contribution in [0.1, 0.15) is 37.2 Å². The Balaban J connectivity index is 2.34. The first-order chi connectivity index (χ1) is 9.44. The molecule has 2 N–H and O–H groups in total. The van der Waals surface area contributed by atoms with E-state index >= 15 is 0 Å². The first kappa shape index (κ1) is 14.7. The molecule has 20 heavy (non-hydrogen) atoms. The van der Waals surface area contributed by atoms with Gasteiger partial charge in [-0.3, -0.25) is 0 Å². The Labute approximate surface area is 123 Å². The van der Waals surface area contributed by atoms with Gasteiger partial charge in [-0.05, 0) is 34.6 Å². The van der Waals surface area contributed by atoms with Crippen LogP contribution in [0, 0.1) is 13.8 Å². The third kappa shape index (κ3) is 3.07. The summed E-state index contributed by atoms with van der Waals surface area (Å²) in [5.41, 5.74) is 0.769. The molecule has 2 rings (SSSR count). The van der Waals surface area contributed by atoms with Crippen molar-refractivity contribution in [3.05, 3.63) is 28.0 Å². The van der Waals surface area contributed by atoms with Crippen LogP contribution in [-0.4, -0.2) is 21.5 Å². The second-order valence-corrected chi connectivity index (χ2v) is 6.11.